The molecular formula is C16H17N5. The van der Waals surface area contributed by atoms with Crippen LogP contribution in [0.25, 0.3) is 22.8 Å². The van der Waals surface area contributed by atoms with Gasteiger partial charge in [0.2, 0.25) is 0 Å². The summed E-state index contributed by atoms with van der Waals surface area (Å²) in [6.45, 7) is 0. The zero-order valence-corrected chi connectivity index (χ0v) is 11.9. The van der Waals surface area contributed by atoms with Gasteiger partial charge in [-0.05, 0) is 12.8 Å². The summed E-state index contributed by atoms with van der Waals surface area (Å²) >= 11 is 0. The fourth-order valence-electron chi connectivity index (χ4n) is 2.68. The predicted octanol–water partition coefficient (Wildman–Crippen LogP) is 2.87. The van der Waals surface area contributed by atoms with E-state index in [-0.39, 0.29) is 0 Å². The summed E-state index contributed by atoms with van der Waals surface area (Å²) in [4.78, 5) is 9.04. The summed E-state index contributed by atoms with van der Waals surface area (Å²) in [5.41, 5.74) is 9.17. The van der Waals surface area contributed by atoms with Crippen molar-refractivity contribution >= 4 is 5.82 Å². The number of nitrogen functional groups attached to an aromatic ring is 1. The second-order valence-corrected chi connectivity index (χ2v) is 5.51. The van der Waals surface area contributed by atoms with Crippen molar-refractivity contribution in [2.75, 3.05) is 5.73 Å². The summed E-state index contributed by atoms with van der Waals surface area (Å²) in [6, 6.07) is 10.7. The van der Waals surface area contributed by atoms with Crippen molar-refractivity contribution in [1.82, 2.24) is 19.1 Å². The number of aromatic nitrogens is 4. The average molecular weight is 279 g/mol. The Morgan fingerprint density at radius 1 is 1.19 bits per heavy atom. The van der Waals surface area contributed by atoms with Crippen LogP contribution >= 0.6 is 0 Å². The van der Waals surface area contributed by atoms with Gasteiger partial charge in [0.05, 0.1) is 18.2 Å². The normalized spacial score (nSPS) is 14.5. The monoisotopic (exact) mass is 279 g/mol. The molecule has 0 radical (unpaired) electrons. The third kappa shape index (κ3) is 1.93. The molecule has 0 spiro atoms. The molecule has 106 valence electrons. The standard InChI is InChI=1S/C16H17N5/c1-20-15(17)14(13-9-18-10-21(13)12-7-8-12)19-16(20)11-5-3-2-4-6-11/h2-6,9-10,12H,7-8,17H2,1H3. The molecule has 21 heavy (non-hydrogen) atoms. The molecule has 0 aliphatic heterocycles. The highest BCUT2D eigenvalue weighted by Crippen LogP contribution is 2.39. The zero-order chi connectivity index (χ0) is 14.4. The maximum atomic E-state index is 6.28. The topological polar surface area (TPSA) is 61.7 Å². The van der Waals surface area contributed by atoms with Gasteiger partial charge in [-0.1, -0.05) is 30.3 Å². The van der Waals surface area contributed by atoms with Gasteiger partial charge < -0.3 is 14.9 Å². The Morgan fingerprint density at radius 3 is 2.67 bits per heavy atom. The van der Waals surface area contributed by atoms with E-state index < -0.39 is 0 Å². The van der Waals surface area contributed by atoms with Gasteiger partial charge in [-0.25, -0.2) is 9.97 Å². The first-order valence-corrected chi connectivity index (χ1v) is 7.15. The smallest absolute Gasteiger partial charge is 0.142 e. The second kappa shape index (κ2) is 4.48. The van der Waals surface area contributed by atoms with Crippen molar-refractivity contribution in [1.29, 1.82) is 0 Å². The van der Waals surface area contributed by atoms with E-state index in [1.54, 1.807) is 0 Å². The highest BCUT2D eigenvalue weighted by molar-refractivity contribution is 5.73. The average Bonchev–Trinajstić information content (AvgIpc) is 3.18. The number of hydrogen-bond acceptors (Lipinski definition) is 3. The van der Waals surface area contributed by atoms with Gasteiger partial charge in [-0.2, -0.15) is 0 Å². The van der Waals surface area contributed by atoms with Gasteiger partial charge in [-0.3, -0.25) is 0 Å². The number of imidazole rings is 2. The first-order valence-electron chi connectivity index (χ1n) is 7.15. The number of benzene rings is 1. The Hall–Kier alpha value is -2.56. The van der Waals surface area contributed by atoms with Crippen LogP contribution in [-0.4, -0.2) is 19.1 Å². The second-order valence-electron chi connectivity index (χ2n) is 5.51. The largest absolute Gasteiger partial charge is 0.383 e. The molecule has 1 aliphatic rings. The minimum Gasteiger partial charge on any atom is -0.383 e. The van der Waals surface area contributed by atoms with Crippen LogP contribution in [0.1, 0.15) is 18.9 Å². The maximum absolute atomic E-state index is 6.28. The molecule has 1 saturated carbocycles. The van der Waals surface area contributed by atoms with E-state index in [4.69, 9.17) is 10.7 Å². The Balaban J connectivity index is 1.85. The molecule has 1 aliphatic carbocycles. The molecule has 0 unspecified atom stereocenters. The zero-order valence-electron chi connectivity index (χ0n) is 11.9. The Kier molecular flexibility index (Phi) is 2.60. The molecule has 4 rings (SSSR count). The van der Waals surface area contributed by atoms with Crippen molar-refractivity contribution in [2.24, 2.45) is 7.05 Å². The lowest BCUT2D eigenvalue weighted by atomic mass is 10.2. The van der Waals surface area contributed by atoms with Crippen LogP contribution in [0.5, 0.6) is 0 Å². The van der Waals surface area contributed by atoms with Crippen molar-refractivity contribution in [3.8, 4) is 22.8 Å². The molecule has 0 atom stereocenters. The Bertz CT molecular complexity index is 780. The van der Waals surface area contributed by atoms with Gasteiger partial charge in [-0.15, -0.1) is 0 Å². The SMILES string of the molecule is Cn1c(-c2ccccc2)nc(-c2cncn2C2CC2)c1N. The van der Waals surface area contributed by atoms with Crippen LogP contribution in [0.3, 0.4) is 0 Å². The van der Waals surface area contributed by atoms with Gasteiger partial charge in [0.25, 0.3) is 0 Å². The maximum Gasteiger partial charge on any atom is 0.142 e. The summed E-state index contributed by atoms with van der Waals surface area (Å²) in [5, 5.41) is 0. The van der Waals surface area contributed by atoms with Crippen LogP contribution in [0.4, 0.5) is 5.82 Å². The van der Waals surface area contributed by atoms with E-state index in [0.717, 1.165) is 22.8 Å². The van der Waals surface area contributed by atoms with Crippen molar-refractivity contribution in [3.05, 3.63) is 42.9 Å². The summed E-state index contributed by atoms with van der Waals surface area (Å²) in [6.07, 6.45) is 6.15. The lowest BCUT2D eigenvalue weighted by molar-refractivity contribution is 0.746. The van der Waals surface area contributed by atoms with Crippen LogP contribution in [0, 0.1) is 0 Å². The number of nitrogens with two attached hydrogens (primary N) is 1. The van der Waals surface area contributed by atoms with E-state index in [9.17, 15) is 0 Å². The molecule has 0 saturated heterocycles. The fraction of sp³-hybridized carbons (Fsp3) is 0.250. The molecule has 3 aromatic rings. The van der Waals surface area contributed by atoms with E-state index in [2.05, 4.69) is 9.55 Å². The third-order valence-electron chi connectivity index (χ3n) is 4.02. The minimum atomic E-state index is 0.559. The molecule has 1 aromatic carbocycles. The van der Waals surface area contributed by atoms with Gasteiger partial charge in [0, 0.05) is 18.7 Å². The number of anilines is 1. The molecule has 1 fully saturated rings. The highest BCUT2D eigenvalue weighted by atomic mass is 15.2. The predicted molar refractivity (Wildman–Crippen MR) is 82.5 cm³/mol. The molecule has 5 nitrogen and oxygen atoms in total. The van der Waals surface area contributed by atoms with Gasteiger partial charge in [0.15, 0.2) is 0 Å². The first kappa shape index (κ1) is 12.2. The van der Waals surface area contributed by atoms with Crippen LogP contribution in [0.2, 0.25) is 0 Å². The van der Waals surface area contributed by atoms with Crippen LogP contribution in [0.15, 0.2) is 42.9 Å². The van der Waals surface area contributed by atoms with E-state index >= 15 is 0 Å². The fourth-order valence-corrected chi connectivity index (χ4v) is 2.68. The van der Waals surface area contributed by atoms with E-state index in [0.29, 0.717) is 11.9 Å². The van der Waals surface area contributed by atoms with E-state index in [1.807, 2.05) is 54.5 Å². The highest BCUT2D eigenvalue weighted by Gasteiger charge is 2.27. The molecule has 5 heteroatoms. The molecular weight excluding hydrogens is 262 g/mol. The molecule has 0 bridgehead atoms. The Morgan fingerprint density at radius 2 is 1.95 bits per heavy atom. The van der Waals surface area contributed by atoms with Gasteiger partial charge in [0.1, 0.15) is 17.3 Å². The van der Waals surface area contributed by atoms with Crippen LogP contribution < -0.4 is 5.73 Å². The van der Waals surface area contributed by atoms with Crippen molar-refractivity contribution in [2.45, 2.75) is 18.9 Å². The summed E-state index contributed by atoms with van der Waals surface area (Å²) in [7, 11) is 1.95. The molecule has 2 aromatic heterocycles. The Labute approximate surface area is 123 Å². The molecule has 0 amide bonds. The van der Waals surface area contributed by atoms with Crippen LogP contribution in [-0.2, 0) is 7.05 Å². The minimum absolute atomic E-state index is 0.559. The number of nitrogens with zero attached hydrogens (tertiary/aromatic N) is 4. The summed E-state index contributed by atoms with van der Waals surface area (Å²) in [5.74, 6) is 1.56. The van der Waals surface area contributed by atoms with E-state index in [1.165, 1.54) is 12.8 Å². The number of rotatable bonds is 3. The van der Waals surface area contributed by atoms with Gasteiger partial charge >= 0.3 is 0 Å². The first-order chi connectivity index (χ1) is 10.3. The van der Waals surface area contributed by atoms with Crippen molar-refractivity contribution < 1.29 is 0 Å². The lowest BCUT2D eigenvalue weighted by Gasteiger charge is -2.04. The lowest BCUT2D eigenvalue weighted by Crippen LogP contribution is -2.00. The molecule has 2 heterocycles. The quantitative estimate of drug-likeness (QED) is 0.802. The van der Waals surface area contributed by atoms with Crippen molar-refractivity contribution in [3.63, 3.8) is 0 Å². The number of hydrogen-bond donors (Lipinski definition) is 1. The third-order valence-corrected chi connectivity index (χ3v) is 4.02. The summed E-state index contributed by atoms with van der Waals surface area (Å²) < 4.78 is 4.13. The molecule has 2 N–H and O–H groups in total.